The number of hydrogen-bond acceptors (Lipinski definition) is 4. The molecule has 0 bridgehead atoms. The molecule has 0 aliphatic carbocycles. The van der Waals surface area contributed by atoms with Crippen molar-refractivity contribution in [2.45, 2.75) is 49.8 Å². The minimum Gasteiger partial charge on any atom is -0.351 e. The van der Waals surface area contributed by atoms with Crippen molar-refractivity contribution >= 4 is 27.3 Å². The van der Waals surface area contributed by atoms with Gasteiger partial charge in [0.15, 0.2) is 5.96 Å². The third-order valence-electron chi connectivity index (χ3n) is 5.14. The van der Waals surface area contributed by atoms with E-state index in [1.165, 1.54) is 24.2 Å². The van der Waals surface area contributed by atoms with Crippen molar-refractivity contribution in [3.63, 3.8) is 0 Å². The highest BCUT2D eigenvalue weighted by Crippen LogP contribution is 2.27. The SMILES string of the molecule is CN=C(NCc1ccc(S(=O)(=O)N2CCCCC2)s1)N1CCCC(C)C1. The lowest BCUT2D eigenvalue weighted by molar-refractivity contribution is 0.266. The van der Waals surface area contributed by atoms with Gasteiger partial charge >= 0.3 is 0 Å². The first kappa shape index (κ1) is 19.6. The number of rotatable bonds is 4. The number of guanidine groups is 1. The van der Waals surface area contributed by atoms with E-state index in [2.05, 4.69) is 22.1 Å². The largest absolute Gasteiger partial charge is 0.351 e. The monoisotopic (exact) mass is 398 g/mol. The van der Waals surface area contributed by atoms with Crippen molar-refractivity contribution in [2.24, 2.45) is 10.9 Å². The van der Waals surface area contributed by atoms with Crippen molar-refractivity contribution in [3.8, 4) is 0 Å². The average Bonchev–Trinajstić information content (AvgIpc) is 3.13. The Hall–Kier alpha value is -1.12. The van der Waals surface area contributed by atoms with Crippen LogP contribution in [0.1, 0.15) is 43.9 Å². The normalized spacial score (nSPS) is 23.2. The van der Waals surface area contributed by atoms with Crippen molar-refractivity contribution in [3.05, 3.63) is 17.0 Å². The second-order valence-corrected chi connectivity index (χ2v) is 10.6. The first-order chi connectivity index (χ1) is 12.5. The Bertz CT molecular complexity index is 723. The van der Waals surface area contributed by atoms with E-state index < -0.39 is 10.0 Å². The Kier molecular flexibility index (Phi) is 6.58. The number of sulfonamides is 1. The molecule has 2 aliphatic heterocycles. The van der Waals surface area contributed by atoms with Gasteiger partial charge in [-0.3, -0.25) is 4.99 Å². The molecule has 0 aromatic carbocycles. The second kappa shape index (κ2) is 8.71. The summed E-state index contributed by atoms with van der Waals surface area (Å²) in [4.78, 5) is 7.72. The molecule has 2 fully saturated rings. The number of hydrogen-bond donors (Lipinski definition) is 1. The van der Waals surface area contributed by atoms with Gasteiger partial charge < -0.3 is 10.2 Å². The zero-order valence-corrected chi connectivity index (χ0v) is 17.4. The third kappa shape index (κ3) is 4.58. The van der Waals surface area contributed by atoms with Crippen LogP contribution in [-0.4, -0.2) is 56.8 Å². The van der Waals surface area contributed by atoms with E-state index in [1.54, 1.807) is 10.4 Å². The summed E-state index contributed by atoms with van der Waals surface area (Å²) in [7, 11) is -1.52. The predicted octanol–water partition coefficient (Wildman–Crippen LogP) is 2.73. The van der Waals surface area contributed by atoms with Crippen LogP contribution in [0.15, 0.2) is 21.3 Å². The number of nitrogens with one attached hydrogen (secondary N) is 1. The van der Waals surface area contributed by atoms with Crippen LogP contribution in [0, 0.1) is 5.92 Å². The van der Waals surface area contributed by atoms with Gasteiger partial charge in [0.05, 0.1) is 6.54 Å². The van der Waals surface area contributed by atoms with E-state index >= 15 is 0 Å². The van der Waals surface area contributed by atoms with E-state index in [0.29, 0.717) is 29.8 Å². The van der Waals surface area contributed by atoms with Crippen LogP contribution in [0.3, 0.4) is 0 Å². The highest BCUT2D eigenvalue weighted by molar-refractivity contribution is 7.91. The van der Waals surface area contributed by atoms with Crippen molar-refractivity contribution in [2.75, 3.05) is 33.2 Å². The summed E-state index contributed by atoms with van der Waals surface area (Å²) in [5.74, 6) is 1.59. The molecule has 26 heavy (non-hydrogen) atoms. The van der Waals surface area contributed by atoms with Gasteiger partial charge in [0.2, 0.25) is 0 Å². The van der Waals surface area contributed by atoms with Crippen LogP contribution in [0.2, 0.25) is 0 Å². The van der Waals surface area contributed by atoms with Gasteiger partial charge in [-0.25, -0.2) is 8.42 Å². The summed E-state index contributed by atoms with van der Waals surface area (Å²) in [5.41, 5.74) is 0. The molecule has 1 atom stereocenters. The topological polar surface area (TPSA) is 65.0 Å². The van der Waals surface area contributed by atoms with E-state index in [0.717, 1.165) is 43.2 Å². The van der Waals surface area contributed by atoms with Crippen molar-refractivity contribution in [1.29, 1.82) is 0 Å². The Labute approximate surface area is 161 Å². The van der Waals surface area contributed by atoms with E-state index in [9.17, 15) is 8.42 Å². The number of thiophene rings is 1. The molecule has 0 saturated carbocycles. The quantitative estimate of drug-likeness (QED) is 0.626. The Morgan fingerprint density at radius 3 is 2.69 bits per heavy atom. The van der Waals surface area contributed by atoms with Crippen LogP contribution in [-0.2, 0) is 16.6 Å². The number of nitrogens with zero attached hydrogens (tertiary/aromatic N) is 3. The summed E-state index contributed by atoms with van der Waals surface area (Å²) in [6, 6.07) is 3.66. The highest BCUT2D eigenvalue weighted by atomic mass is 32.2. The molecular weight excluding hydrogens is 368 g/mol. The van der Waals surface area contributed by atoms with Gasteiger partial charge in [0.1, 0.15) is 4.21 Å². The molecule has 3 rings (SSSR count). The van der Waals surface area contributed by atoms with Crippen LogP contribution >= 0.6 is 11.3 Å². The molecule has 8 heteroatoms. The first-order valence-electron chi connectivity index (χ1n) is 9.55. The smallest absolute Gasteiger partial charge is 0.252 e. The lowest BCUT2D eigenvalue weighted by Crippen LogP contribution is -2.45. The van der Waals surface area contributed by atoms with Gasteiger partial charge in [0, 0.05) is 38.1 Å². The lowest BCUT2D eigenvalue weighted by Gasteiger charge is -2.33. The van der Waals surface area contributed by atoms with E-state index in [-0.39, 0.29) is 0 Å². The molecule has 2 saturated heterocycles. The fraction of sp³-hybridized carbons (Fsp3) is 0.722. The summed E-state index contributed by atoms with van der Waals surface area (Å²) < 4.78 is 27.6. The zero-order valence-electron chi connectivity index (χ0n) is 15.8. The minimum atomic E-state index is -3.33. The lowest BCUT2D eigenvalue weighted by atomic mass is 10.0. The molecule has 0 spiro atoms. The maximum atomic E-state index is 12.8. The maximum absolute atomic E-state index is 12.8. The maximum Gasteiger partial charge on any atom is 0.252 e. The minimum absolute atomic E-state index is 0.456. The number of likely N-dealkylation sites (tertiary alicyclic amines) is 1. The molecule has 3 heterocycles. The molecule has 2 aliphatic rings. The van der Waals surface area contributed by atoms with Crippen LogP contribution in [0.4, 0.5) is 0 Å². The summed E-state index contributed by atoms with van der Waals surface area (Å²) >= 11 is 1.37. The van der Waals surface area contributed by atoms with Crippen LogP contribution in [0.5, 0.6) is 0 Å². The average molecular weight is 399 g/mol. The third-order valence-corrected chi connectivity index (χ3v) is 8.59. The molecule has 1 aromatic heterocycles. The van der Waals surface area contributed by atoms with Gasteiger partial charge in [-0.15, -0.1) is 11.3 Å². The molecule has 0 radical (unpaired) electrons. The molecule has 1 unspecified atom stereocenters. The second-order valence-electron chi connectivity index (χ2n) is 7.28. The van der Waals surface area contributed by atoms with Crippen molar-refractivity contribution < 1.29 is 8.42 Å². The summed E-state index contributed by atoms with van der Waals surface area (Å²) in [5, 5.41) is 3.40. The van der Waals surface area contributed by atoms with Crippen LogP contribution in [0.25, 0.3) is 0 Å². The number of piperidine rings is 2. The van der Waals surface area contributed by atoms with Gasteiger partial charge in [0.25, 0.3) is 10.0 Å². The summed E-state index contributed by atoms with van der Waals surface area (Å²) in [6.07, 6.45) is 5.52. The van der Waals surface area contributed by atoms with E-state index in [1.807, 2.05) is 13.1 Å². The Morgan fingerprint density at radius 1 is 1.23 bits per heavy atom. The van der Waals surface area contributed by atoms with Gasteiger partial charge in [-0.1, -0.05) is 13.3 Å². The highest BCUT2D eigenvalue weighted by Gasteiger charge is 2.27. The molecule has 0 amide bonds. The standard InChI is InChI=1S/C18H30N4O2S2/c1-15-7-6-10-21(14-15)18(19-2)20-13-16-8-9-17(25-16)26(23,24)22-11-4-3-5-12-22/h8-9,15H,3-7,10-14H2,1-2H3,(H,19,20). The molecule has 6 nitrogen and oxygen atoms in total. The van der Waals surface area contributed by atoms with Crippen molar-refractivity contribution in [1.82, 2.24) is 14.5 Å². The molecule has 146 valence electrons. The van der Waals surface area contributed by atoms with E-state index in [4.69, 9.17) is 0 Å². The zero-order chi connectivity index (χ0) is 18.6. The van der Waals surface area contributed by atoms with Crippen LogP contribution < -0.4 is 5.32 Å². The summed E-state index contributed by atoms with van der Waals surface area (Å²) in [6.45, 7) is 6.23. The fourth-order valence-electron chi connectivity index (χ4n) is 3.70. The Morgan fingerprint density at radius 2 is 2.00 bits per heavy atom. The molecule has 1 N–H and O–H groups in total. The molecular formula is C18H30N4O2S2. The molecule has 1 aromatic rings. The first-order valence-corrected chi connectivity index (χ1v) is 11.8. The van der Waals surface area contributed by atoms with Gasteiger partial charge in [-0.05, 0) is 43.7 Å². The fourth-order valence-corrected chi connectivity index (χ4v) is 6.67. The van der Waals surface area contributed by atoms with Gasteiger partial charge in [-0.2, -0.15) is 4.31 Å². The predicted molar refractivity (Wildman–Crippen MR) is 107 cm³/mol. The Balaban J connectivity index is 1.61. The number of aliphatic imine (C=N–C) groups is 1.